The lowest BCUT2D eigenvalue weighted by Gasteiger charge is -2.46. The summed E-state index contributed by atoms with van der Waals surface area (Å²) in [6, 6.07) is 19.9. The second kappa shape index (κ2) is 28.3. The van der Waals surface area contributed by atoms with Crippen LogP contribution in [0.15, 0.2) is 97.2 Å². The first kappa shape index (κ1) is 70.7. The molecule has 99 heavy (non-hydrogen) atoms. The Balaban J connectivity index is 0.672. The van der Waals surface area contributed by atoms with Gasteiger partial charge in [0.15, 0.2) is 16.1 Å². The van der Waals surface area contributed by atoms with Gasteiger partial charge in [-0.1, -0.05) is 75.4 Å². The number of carbonyl (C=O) groups is 9. The van der Waals surface area contributed by atoms with Crippen molar-refractivity contribution in [3.05, 3.63) is 131 Å². The molecular weight excluding hydrogens is 1310 g/mol. The number of carboxylic acids is 1. The third kappa shape index (κ3) is 15.3. The Labute approximate surface area is 575 Å². The molecule has 9 N–H and O–H groups in total. The molecule has 4 bridgehead atoms. The van der Waals surface area contributed by atoms with Crippen molar-refractivity contribution < 1.29 is 70.7 Å². The van der Waals surface area contributed by atoms with E-state index in [0.29, 0.717) is 69.8 Å². The summed E-state index contributed by atoms with van der Waals surface area (Å²) in [5.74, 6) is -5.98. The number of para-hydroxylation sites is 1. The summed E-state index contributed by atoms with van der Waals surface area (Å²) in [6.45, 7) is 11.2. The molecule has 5 heterocycles. The normalized spacial score (nSPS) is 21.5. The van der Waals surface area contributed by atoms with Gasteiger partial charge in [-0.05, 0) is 146 Å². The van der Waals surface area contributed by atoms with Crippen LogP contribution >= 0.6 is 11.3 Å². The summed E-state index contributed by atoms with van der Waals surface area (Å²) < 4.78 is 50.2. The van der Waals surface area contributed by atoms with Gasteiger partial charge in [-0.2, -0.15) is 13.5 Å². The van der Waals surface area contributed by atoms with Crippen molar-refractivity contribution in [2.45, 2.75) is 135 Å². The van der Waals surface area contributed by atoms with Crippen molar-refractivity contribution in [2.75, 3.05) is 55.4 Å². The molecule has 6 aromatic rings. The summed E-state index contributed by atoms with van der Waals surface area (Å²) in [7, 11) is -3.48. The Bertz CT molecular complexity index is 4300. The predicted molar refractivity (Wildman–Crippen MR) is 366 cm³/mol. The van der Waals surface area contributed by atoms with E-state index in [-0.39, 0.29) is 67.0 Å². The lowest BCUT2D eigenvalue weighted by molar-refractivity contribution is -0.137. The van der Waals surface area contributed by atoms with Gasteiger partial charge in [-0.25, -0.2) is 24.4 Å². The number of likely N-dealkylation sites (N-methyl/N-ethyl adjacent to an activating group) is 1. The average molecular weight is 1400 g/mol. The van der Waals surface area contributed by atoms with Gasteiger partial charge in [0.2, 0.25) is 17.7 Å². The van der Waals surface area contributed by atoms with Crippen LogP contribution in [-0.4, -0.2) is 164 Å². The van der Waals surface area contributed by atoms with Gasteiger partial charge in [-0.15, -0.1) is 0 Å². The number of anilines is 3. The molecule has 12 rings (SSSR count). The Hall–Kier alpha value is -9.65. The summed E-state index contributed by atoms with van der Waals surface area (Å²) >= 11 is 1.41. The highest BCUT2D eigenvalue weighted by Crippen LogP contribution is 2.78. The minimum atomic E-state index is -5.11. The molecule has 30 heteroatoms. The molecule has 4 aliphatic carbocycles. The van der Waals surface area contributed by atoms with E-state index < -0.39 is 99.6 Å². The summed E-state index contributed by atoms with van der Waals surface area (Å²) in [5.41, 5.74) is 10.4. The van der Waals surface area contributed by atoms with Crippen LogP contribution in [0.25, 0.3) is 21.3 Å². The highest BCUT2D eigenvalue weighted by molar-refractivity contribution is 7.87. The van der Waals surface area contributed by atoms with Gasteiger partial charge in [-0.3, -0.25) is 48.2 Å². The van der Waals surface area contributed by atoms with Gasteiger partial charge in [0, 0.05) is 86.5 Å². The number of rotatable bonds is 28. The molecule has 4 unspecified atom stereocenters. The van der Waals surface area contributed by atoms with E-state index in [1.54, 1.807) is 63.5 Å². The lowest BCUT2D eigenvalue weighted by atomic mass is 9.65. The number of pyridine rings is 1. The number of nitrogens with one attached hydrogen (secondary N) is 5. The number of primary amides is 1. The quantitative estimate of drug-likeness (QED) is 0.0139. The Kier molecular flexibility index (Phi) is 20.2. The van der Waals surface area contributed by atoms with Crippen molar-refractivity contribution in [1.82, 2.24) is 45.5 Å². The smallest absolute Gasteiger partial charge is 0.409 e. The number of benzene rings is 3. The van der Waals surface area contributed by atoms with Crippen LogP contribution in [0.2, 0.25) is 0 Å². The molecule has 0 radical (unpaired) electrons. The molecular formula is C69H81N13O15S2. The van der Waals surface area contributed by atoms with Crippen molar-refractivity contribution in [3.8, 4) is 11.1 Å². The van der Waals surface area contributed by atoms with Crippen LogP contribution in [0.4, 0.5) is 26.2 Å². The number of thiazole rings is 1. The zero-order valence-electron chi connectivity index (χ0n) is 55.8. The standard InChI is InChI=1S/C69H81N13O15S2/c1-40(2)56(77-60(87)52(99(93,94)95)25-28-81-54(83)22-23-55(81)84)61(88)74-50(14-10-26-71-63(70)91)59(86)73-44-18-16-42(17-19-44)33-96-65(92)79(6)29-30-97-69-36-66(4)34-67(5,37-69)68(35-66,38-69)39-82-41(3)47(31-72-82)45-20-21-53(76-57(45)62(89)90)80-27-24-43-11-9-12-46(48(43)32-80)58(85)78-64-75-49-13-7-8-15-51(49)98-64/h7-9,11-13,15-23,31,40,50,52,56H,10,14,24-30,32-39H2,1-6H3,(H,73,86)(H,74,88)(H,77,87)(H,89,90)(H3,70,71,91)(H,75,78,85)(H,93,94,95)/t50-,52-,56-,66?,67?,68?,69?/m0/s1. The molecule has 9 amide bonds. The number of carbonyl (C=O) groups excluding carboxylic acids is 8. The summed E-state index contributed by atoms with van der Waals surface area (Å²) in [6.07, 6.45) is 7.64. The van der Waals surface area contributed by atoms with Crippen LogP contribution in [0.3, 0.4) is 0 Å². The van der Waals surface area contributed by atoms with Crippen molar-refractivity contribution in [2.24, 2.45) is 27.9 Å². The number of carboxylic acid groups (broad SMARTS) is 1. The van der Waals surface area contributed by atoms with Gasteiger partial charge in [0.05, 0.1) is 28.6 Å². The van der Waals surface area contributed by atoms with E-state index in [4.69, 9.17) is 25.3 Å². The van der Waals surface area contributed by atoms with E-state index in [9.17, 15) is 61.2 Å². The fourth-order valence-electron chi connectivity index (χ4n) is 15.7. The molecule has 4 fully saturated rings. The second-order valence-corrected chi connectivity index (χ2v) is 30.3. The third-order valence-electron chi connectivity index (χ3n) is 20.0. The van der Waals surface area contributed by atoms with Gasteiger partial charge in [0.1, 0.15) is 24.5 Å². The number of fused-ring (bicyclic) bond motifs is 2. The number of nitrogens with two attached hydrogens (primary N) is 1. The number of nitrogens with zero attached hydrogens (tertiary/aromatic N) is 7. The Morgan fingerprint density at radius 3 is 2.29 bits per heavy atom. The summed E-state index contributed by atoms with van der Waals surface area (Å²) in [4.78, 5) is 130. The topological polar surface area (TPSA) is 386 Å². The second-order valence-electron chi connectivity index (χ2n) is 27.6. The number of aromatic nitrogens is 4. The third-order valence-corrected chi connectivity index (χ3v) is 22.1. The van der Waals surface area contributed by atoms with Crippen LogP contribution in [0, 0.1) is 29.1 Å². The van der Waals surface area contributed by atoms with E-state index in [1.807, 2.05) is 59.0 Å². The summed E-state index contributed by atoms with van der Waals surface area (Å²) in [5, 5.41) is 27.0. The van der Waals surface area contributed by atoms with E-state index in [1.165, 1.54) is 16.2 Å². The van der Waals surface area contributed by atoms with E-state index in [0.717, 1.165) is 71.3 Å². The SMILES string of the molecule is Cc1c(-c2ccc(N3CCc4cccc(C(=O)Nc5nc6ccccc6s5)c4C3)nc2C(=O)O)cnn1CC12CC3(C)CC(OCCN(C)C(=O)OCc4ccc(NC(=O)[C@H](CCCNC(N)=O)NC(=O)[C@@H](NC(=O)[C@H](CCN5C(=O)C=CC5=O)S(=O)(=O)O)C(C)C)cc4)(CC1(C)C3)C2. The highest BCUT2D eigenvalue weighted by atomic mass is 32.2. The fraction of sp³-hybridized carbons (Fsp3) is 0.449. The zero-order chi connectivity index (χ0) is 70.9. The van der Waals surface area contributed by atoms with E-state index in [2.05, 4.69) is 45.4 Å². The van der Waals surface area contributed by atoms with Gasteiger partial charge < -0.3 is 51.4 Å². The van der Waals surface area contributed by atoms with Crippen LogP contribution in [0.1, 0.15) is 122 Å². The minimum Gasteiger partial charge on any atom is -0.476 e. The molecule has 28 nitrogen and oxygen atoms in total. The maximum Gasteiger partial charge on any atom is 0.409 e. The van der Waals surface area contributed by atoms with Gasteiger partial charge in [0.25, 0.3) is 27.8 Å². The largest absolute Gasteiger partial charge is 0.476 e. The number of ether oxygens (including phenoxy) is 2. The number of amides is 9. The molecule has 524 valence electrons. The van der Waals surface area contributed by atoms with Crippen molar-refractivity contribution in [3.63, 3.8) is 0 Å². The first-order chi connectivity index (χ1) is 46.9. The molecule has 4 saturated carbocycles. The van der Waals surface area contributed by atoms with E-state index >= 15 is 0 Å². The number of hydrogen-bond acceptors (Lipinski definition) is 18. The maximum atomic E-state index is 13.8. The first-order valence-corrected chi connectivity index (χ1v) is 35.1. The minimum absolute atomic E-state index is 0.00341. The number of urea groups is 1. The highest BCUT2D eigenvalue weighted by Gasteiger charge is 2.73. The molecule has 0 saturated heterocycles. The molecule has 3 aromatic carbocycles. The van der Waals surface area contributed by atoms with Crippen molar-refractivity contribution >= 4 is 102 Å². The van der Waals surface area contributed by atoms with Crippen LogP contribution < -0.4 is 37.2 Å². The van der Waals surface area contributed by atoms with Crippen LogP contribution in [-0.2, 0) is 69.7 Å². The number of hydrogen-bond donors (Lipinski definition) is 8. The monoisotopic (exact) mass is 1400 g/mol. The predicted octanol–water partition coefficient (Wildman–Crippen LogP) is 6.97. The van der Waals surface area contributed by atoms with Gasteiger partial charge >= 0.3 is 18.1 Å². The average Bonchev–Trinajstić information content (AvgIpc) is 1.50. The molecule has 6 aliphatic rings. The van der Waals surface area contributed by atoms with Crippen LogP contribution in [0.5, 0.6) is 0 Å². The van der Waals surface area contributed by atoms with Crippen molar-refractivity contribution in [1.29, 1.82) is 0 Å². The Morgan fingerprint density at radius 1 is 0.838 bits per heavy atom. The molecule has 7 atom stereocenters. The molecule has 2 aliphatic heterocycles. The first-order valence-electron chi connectivity index (χ1n) is 32.8. The lowest BCUT2D eigenvalue weighted by Crippen LogP contribution is -2.56. The number of imide groups is 1. The Morgan fingerprint density at radius 2 is 1.59 bits per heavy atom. The zero-order valence-corrected chi connectivity index (χ0v) is 57.4. The molecule has 0 spiro atoms. The maximum absolute atomic E-state index is 13.8. The fourth-order valence-corrected chi connectivity index (χ4v) is 17.3. The number of aromatic carboxylic acids is 1. The molecule has 3 aromatic heterocycles.